The molecule has 2 fully saturated rings. The van der Waals surface area contributed by atoms with Gasteiger partial charge in [-0.25, -0.2) is 12.8 Å². The topological polar surface area (TPSA) is 75.7 Å². The summed E-state index contributed by atoms with van der Waals surface area (Å²) >= 11 is 0. The Hall–Kier alpha value is -2.29. The first-order valence-corrected chi connectivity index (χ1v) is 12.0. The lowest BCUT2D eigenvalue weighted by molar-refractivity contribution is -0.121. The Morgan fingerprint density at radius 3 is 2.48 bits per heavy atom. The van der Waals surface area contributed by atoms with Gasteiger partial charge < -0.3 is 10.1 Å². The van der Waals surface area contributed by atoms with Gasteiger partial charge in [0.1, 0.15) is 10.7 Å². The van der Waals surface area contributed by atoms with Gasteiger partial charge in [-0.05, 0) is 43.5 Å². The van der Waals surface area contributed by atoms with Gasteiger partial charge in [0.2, 0.25) is 15.9 Å². The standard InChI is InChI=1S/C23H27FN2O4S/c1-17-5-4-6-18(15-17)23(9-2-3-10-23)22(27)25-19-7-8-20(24)21(16-19)31(28,29)26-11-13-30-14-12-26/h4-8,15-16H,2-3,9-14H2,1H3,(H,25,27). The molecule has 0 radical (unpaired) electrons. The van der Waals surface area contributed by atoms with Gasteiger partial charge in [0, 0.05) is 18.8 Å². The second kappa shape index (κ2) is 8.68. The average Bonchev–Trinajstić information content (AvgIpc) is 3.27. The van der Waals surface area contributed by atoms with Crippen molar-refractivity contribution in [3.8, 4) is 0 Å². The molecule has 1 aliphatic heterocycles. The number of benzene rings is 2. The summed E-state index contributed by atoms with van der Waals surface area (Å²) in [5.41, 5.74) is 1.66. The molecule has 0 aromatic heterocycles. The van der Waals surface area contributed by atoms with E-state index in [0.29, 0.717) is 0 Å². The molecule has 0 unspecified atom stereocenters. The minimum atomic E-state index is -4.02. The Bertz CT molecular complexity index is 1070. The first kappa shape index (κ1) is 21.9. The molecule has 4 rings (SSSR count). The van der Waals surface area contributed by atoms with Crippen molar-refractivity contribution in [3.05, 3.63) is 59.4 Å². The van der Waals surface area contributed by atoms with Gasteiger partial charge in [0.15, 0.2) is 0 Å². The number of nitrogens with zero attached hydrogens (tertiary/aromatic N) is 1. The van der Waals surface area contributed by atoms with Crippen molar-refractivity contribution >= 4 is 21.6 Å². The SMILES string of the molecule is Cc1cccc(C2(C(=O)Nc3ccc(F)c(S(=O)(=O)N4CCOCC4)c3)CCCC2)c1. The molecule has 0 bridgehead atoms. The van der Waals surface area contributed by atoms with Gasteiger partial charge in [0.25, 0.3) is 0 Å². The van der Waals surface area contributed by atoms with E-state index in [4.69, 9.17) is 4.74 Å². The Morgan fingerprint density at radius 1 is 1.10 bits per heavy atom. The normalized spacial score (nSPS) is 19.3. The van der Waals surface area contributed by atoms with E-state index in [1.165, 1.54) is 16.4 Å². The lowest BCUT2D eigenvalue weighted by Gasteiger charge is -2.29. The minimum absolute atomic E-state index is 0.175. The smallest absolute Gasteiger partial charge is 0.246 e. The van der Waals surface area contributed by atoms with Gasteiger partial charge in [-0.3, -0.25) is 4.79 Å². The number of hydrogen-bond donors (Lipinski definition) is 1. The van der Waals surface area contributed by atoms with Crippen LogP contribution in [0.1, 0.15) is 36.8 Å². The highest BCUT2D eigenvalue weighted by Gasteiger charge is 2.43. The maximum Gasteiger partial charge on any atom is 0.246 e. The summed E-state index contributed by atoms with van der Waals surface area (Å²) < 4.78 is 46.8. The highest BCUT2D eigenvalue weighted by atomic mass is 32.2. The number of rotatable bonds is 5. The van der Waals surface area contributed by atoms with Crippen LogP contribution in [0.15, 0.2) is 47.4 Å². The molecule has 1 heterocycles. The molecule has 31 heavy (non-hydrogen) atoms. The number of ether oxygens (including phenoxy) is 1. The highest BCUT2D eigenvalue weighted by Crippen LogP contribution is 2.42. The third-order valence-corrected chi connectivity index (χ3v) is 8.15. The molecule has 8 heteroatoms. The Labute approximate surface area is 182 Å². The van der Waals surface area contributed by atoms with Crippen LogP contribution in [0.4, 0.5) is 10.1 Å². The van der Waals surface area contributed by atoms with Crippen LogP contribution >= 0.6 is 0 Å². The van der Waals surface area contributed by atoms with E-state index in [0.717, 1.165) is 42.9 Å². The Morgan fingerprint density at radius 2 is 1.81 bits per heavy atom. The summed E-state index contributed by atoms with van der Waals surface area (Å²) in [7, 11) is -4.02. The lowest BCUT2D eigenvalue weighted by atomic mass is 9.77. The maximum atomic E-state index is 14.5. The number of hydrogen-bond acceptors (Lipinski definition) is 4. The average molecular weight is 447 g/mol. The molecular weight excluding hydrogens is 419 g/mol. The fourth-order valence-electron chi connectivity index (χ4n) is 4.52. The van der Waals surface area contributed by atoms with Crippen LogP contribution in [0, 0.1) is 12.7 Å². The van der Waals surface area contributed by atoms with Crippen LogP contribution in [0.5, 0.6) is 0 Å². The van der Waals surface area contributed by atoms with Crippen LogP contribution in [0.2, 0.25) is 0 Å². The zero-order chi connectivity index (χ0) is 22.1. The van der Waals surface area contributed by atoms with Crippen LogP contribution < -0.4 is 5.32 Å². The lowest BCUT2D eigenvalue weighted by Crippen LogP contribution is -2.41. The monoisotopic (exact) mass is 446 g/mol. The van der Waals surface area contributed by atoms with E-state index in [9.17, 15) is 17.6 Å². The molecule has 1 N–H and O–H groups in total. The largest absolute Gasteiger partial charge is 0.379 e. The summed E-state index contributed by atoms with van der Waals surface area (Å²) in [6.45, 7) is 2.89. The maximum absolute atomic E-state index is 14.5. The molecule has 166 valence electrons. The molecule has 1 amide bonds. The van der Waals surface area contributed by atoms with Gasteiger partial charge in [-0.15, -0.1) is 0 Å². The molecule has 2 aliphatic rings. The summed E-state index contributed by atoms with van der Waals surface area (Å²) in [6, 6.07) is 11.7. The van der Waals surface area contributed by atoms with Gasteiger partial charge in [-0.1, -0.05) is 42.7 Å². The van der Waals surface area contributed by atoms with Gasteiger partial charge >= 0.3 is 0 Å². The first-order chi connectivity index (χ1) is 14.8. The third kappa shape index (κ3) is 4.24. The van der Waals surface area contributed by atoms with E-state index in [1.54, 1.807) is 0 Å². The van der Waals surface area contributed by atoms with Gasteiger partial charge in [0.05, 0.1) is 18.6 Å². The summed E-state index contributed by atoms with van der Waals surface area (Å²) in [5, 5.41) is 2.87. The van der Waals surface area contributed by atoms with Crippen LogP contribution in [0.3, 0.4) is 0 Å². The number of sulfonamides is 1. The number of aryl methyl sites for hydroxylation is 1. The number of carbonyl (C=O) groups is 1. The minimum Gasteiger partial charge on any atom is -0.379 e. The first-order valence-electron chi connectivity index (χ1n) is 10.6. The van der Waals surface area contributed by atoms with Crippen molar-refractivity contribution in [2.45, 2.75) is 42.9 Å². The third-order valence-electron chi connectivity index (χ3n) is 6.24. The van der Waals surface area contributed by atoms with Crippen LogP contribution in [0.25, 0.3) is 0 Å². The summed E-state index contributed by atoms with van der Waals surface area (Å²) in [4.78, 5) is 13.0. The van der Waals surface area contributed by atoms with Crippen molar-refractivity contribution in [1.82, 2.24) is 4.31 Å². The van der Waals surface area contributed by atoms with Crippen LogP contribution in [-0.2, 0) is 25.0 Å². The molecule has 2 aromatic carbocycles. The molecule has 0 spiro atoms. The van der Waals surface area contributed by atoms with Gasteiger partial charge in [-0.2, -0.15) is 4.31 Å². The number of carbonyl (C=O) groups excluding carboxylic acids is 1. The summed E-state index contributed by atoms with van der Waals surface area (Å²) in [5.74, 6) is -1.02. The van der Waals surface area contributed by atoms with E-state index >= 15 is 0 Å². The molecular formula is C23H27FN2O4S. The predicted octanol–water partition coefficient (Wildman–Crippen LogP) is 3.61. The molecule has 0 atom stereocenters. The molecule has 1 saturated heterocycles. The van der Waals surface area contributed by atoms with Crippen molar-refractivity contribution in [2.75, 3.05) is 31.6 Å². The van der Waals surface area contributed by atoms with E-state index < -0.39 is 26.2 Å². The Kier molecular flexibility index (Phi) is 6.14. The number of morpholine rings is 1. The van der Waals surface area contributed by atoms with E-state index in [2.05, 4.69) is 5.32 Å². The predicted molar refractivity (Wildman–Crippen MR) is 116 cm³/mol. The molecule has 1 saturated carbocycles. The zero-order valence-corrected chi connectivity index (χ0v) is 18.4. The van der Waals surface area contributed by atoms with Crippen LogP contribution in [-0.4, -0.2) is 44.9 Å². The number of amides is 1. The number of nitrogens with one attached hydrogen (secondary N) is 1. The van der Waals surface area contributed by atoms with Crippen molar-refractivity contribution in [2.24, 2.45) is 0 Å². The number of anilines is 1. The molecule has 2 aromatic rings. The van der Waals surface area contributed by atoms with E-state index in [-0.39, 0.29) is 37.9 Å². The molecule has 6 nitrogen and oxygen atoms in total. The fraction of sp³-hybridized carbons (Fsp3) is 0.435. The quantitative estimate of drug-likeness (QED) is 0.761. The second-order valence-electron chi connectivity index (χ2n) is 8.27. The van der Waals surface area contributed by atoms with E-state index in [1.807, 2.05) is 31.2 Å². The Balaban J connectivity index is 1.63. The molecule has 1 aliphatic carbocycles. The zero-order valence-electron chi connectivity index (χ0n) is 17.6. The van der Waals surface area contributed by atoms with Crippen molar-refractivity contribution < 1.29 is 22.3 Å². The number of halogens is 1. The van der Waals surface area contributed by atoms with Crippen molar-refractivity contribution in [3.63, 3.8) is 0 Å². The highest BCUT2D eigenvalue weighted by molar-refractivity contribution is 7.89. The van der Waals surface area contributed by atoms with Crippen molar-refractivity contribution in [1.29, 1.82) is 0 Å². The summed E-state index contributed by atoms with van der Waals surface area (Å²) in [6.07, 6.45) is 3.34. The fourth-order valence-corrected chi connectivity index (χ4v) is 6.02. The second-order valence-corrected chi connectivity index (χ2v) is 10.2.